The highest BCUT2D eigenvalue weighted by molar-refractivity contribution is 5.85. The van der Waals surface area contributed by atoms with Gasteiger partial charge in [-0.25, -0.2) is 5.01 Å². The normalized spacial score (nSPS) is 23.8. The number of carbonyl (C=O) groups excluding carboxylic acids is 1. The van der Waals surface area contributed by atoms with Crippen LogP contribution in [0, 0.1) is 5.92 Å². The molecule has 68 valence electrons. The summed E-state index contributed by atoms with van der Waals surface area (Å²) in [5, 5.41) is 11.7. The van der Waals surface area contributed by atoms with Crippen molar-refractivity contribution in [3.05, 3.63) is 0 Å². The second-order valence-electron chi connectivity index (χ2n) is 3.06. The zero-order chi connectivity index (χ0) is 9.30. The van der Waals surface area contributed by atoms with Gasteiger partial charge < -0.3 is 5.11 Å². The highest BCUT2D eigenvalue weighted by atomic mass is 16.4. The maximum absolute atomic E-state index is 11.2. The van der Waals surface area contributed by atoms with Crippen molar-refractivity contribution in [2.45, 2.75) is 6.42 Å². The molecule has 1 aliphatic rings. The zero-order valence-electron chi connectivity index (χ0n) is 7.15. The van der Waals surface area contributed by atoms with Crippen molar-refractivity contribution in [3.63, 3.8) is 0 Å². The maximum atomic E-state index is 11.2. The van der Waals surface area contributed by atoms with Gasteiger partial charge in [-0.05, 0) is 0 Å². The number of hydrazine groups is 1. The van der Waals surface area contributed by atoms with E-state index in [1.807, 2.05) is 0 Å². The van der Waals surface area contributed by atoms with Gasteiger partial charge in [0.1, 0.15) is 0 Å². The molecule has 1 aliphatic heterocycles. The van der Waals surface area contributed by atoms with Crippen molar-refractivity contribution in [3.8, 4) is 0 Å². The largest absolute Gasteiger partial charge is 0.481 e. The van der Waals surface area contributed by atoms with Crippen LogP contribution in [-0.2, 0) is 9.59 Å². The Bertz CT molecular complexity index is 215. The molecular formula is C7H12N2O3. The number of carboxylic acid groups (broad SMARTS) is 1. The molecule has 0 aromatic heterocycles. The van der Waals surface area contributed by atoms with Gasteiger partial charge in [0.15, 0.2) is 0 Å². The van der Waals surface area contributed by atoms with Gasteiger partial charge in [-0.3, -0.25) is 14.6 Å². The Balaban J connectivity index is 2.62. The van der Waals surface area contributed by atoms with Gasteiger partial charge in [-0.15, -0.1) is 0 Å². The molecule has 1 fully saturated rings. The van der Waals surface area contributed by atoms with Crippen molar-refractivity contribution in [1.82, 2.24) is 10.0 Å². The molecule has 1 unspecified atom stereocenters. The fourth-order valence-electron chi connectivity index (χ4n) is 1.24. The third-order valence-corrected chi connectivity index (χ3v) is 1.93. The van der Waals surface area contributed by atoms with Crippen molar-refractivity contribution in [1.29, 1.82) is 0 Å². The van der Waals surface area contributed by atoms with Crippen molar-refractivity contribution < 1.29 is 14.7 Å². The predicted molar refractivity (Wildman–Crippen MR) is 41.1 cm³/mol. The summed E-state index contributed by atoms with van der Waals surface area (Å²) in [5.41, 5.74) is 0. The summed E-state index contributed by atoms with van der Waals surface area (Å²) in [4.78, 5) is 21.7. The Morgan fingerprint density at radius 1 is 1.67 bits per heavy atom. The molecule has 0 saturated carbocycles. The van der Waals surface area contributed by atoms with Crippen LogP contribution >= 0.6 is 0 Å². The number of hydrogen-bond acceptors (Lipinski definition) is 3. The SMILES string of the molecule is CN(C)N1CC(C(=O)O)CC1=O. The second kappa shape index (κ2) is 3.10. The standard InChI is InChI=1S/C7H12N2O3/c1-8(2)9-4-5(7(11)12)3-6(9)10/h5H,3-4H2,1-2H3,(H,11,12). The third-order valence-electron chi connectivity index (χ3n) is 1.93. The molecule has 1 amide bonds. The van der Waals surface area contributed by atoms with E-state index in [9.17, 15) is 9.59 Å². The molecular weight excluding hydrogens is 160 g/mol. The van der Waals surface area contributed by atoms with Crippen molar-refractivity contribution >= 4 is 11.9 Å². The second-order valence-corrected chi connectivity index (χ2v) is 3.06. The molecule has 1 N–H and O–H groups in total. The minimum absolute atomic E-state index is 0.118. The molecule has 0 radical (unpaired) electrons. The minimum atomic E-state index is -0.896. The zero-order valence-corrected chi connectivity index (χ0v) is 7.15. The number of carbonyl (C=O) groups is 2. The average Bonchev–Trinajstić information content (AvgIpc) is 2.30. The molecule has 0 aliphatic carbocycles. The predicted octanol–water partition coefficient (Wildman–Crippen LogP) is -0.604. The van der Waals surface area contributed by atoms with Crippen molar-refractivity contribution in [2.75, 3.05) is 20.6 Å². The van der Waals surface area contributed by atoms with E-state index in [1.54, 1.807) is 19.1 Å². The highest BCUT2D eigenvalue weighted by Gasteiger charge is 2.35. The van der Waals surface area contributed by atoms with E-state index >= 15 is 0 Å². The van der Waals surface area contributed by atoms with Crippen LogP contribution in [0.1, 0.15) is 6.42 Å². The van der Waals surface area contributed by atoms with E-state index in [-0.39, 0.29) is 12.3 Å². The first-order valence-corrected chi connectivity index (χ1v) is 3.72. The number of carboxylic acids is 1. The molecule has 1 atom stereocenters. The van der Waals surface area contributed by atoms with Crippen LogP contribution in [0.3, 0.4) is 0 Å². The smallest absolute Gasteiger partial charge is 0.308 e. The monoisotopic (exact) mass is 172 g/mol. The number of hydrogen-bond donors (Lipinski definition) is 1. The first kappa shape index (κ1) is 8.99. The summed E-state index contributed by atoms with van der Waals surface area (Å²) in [7, 11) is 3.45. The molecule has 0 aromatic carbocycles. The highest BCUT2D eigenvalue weighted by Crippen LogP contribution is 2.17. The lowest BCUT2D eigenvalue weighted by molar-refractivity contribution is -0.141. The van der Waals surface area contributed by atoms with Crippen LogP contribution in [0.15, 0.2) is 0 Å². The molecule has 5 heteroatoms. The molecule has 0 spiro atoms. The van der Waals surface area contributed by atoms with E-state index in [4.69, 9.17) is 5.11 Å². The molecule has 5 nitrogen and oxygen atoms in total. The van der Waals surface area contributed by atoms with Crippen LogP contribution in [-0.4, -0.2) is 47.6 Å². The van der Waals surface area contributed by atoms with Gasteiger partial charge in [0, 0.05) is 20.5 Å². The quantitative estimate of drug-likeness (QED) is 0.604. The lowest BCUT2D eigenvalue weighted by Gasteiger charge is -2.23. The molecule has 1 heterocycles. The maximum Gasteiger partial charge on any atom is 0.308 e. The molecule has 0 bridgehead atoms. The van der Waals surface area contributed by atoms with Gasteiger partial charge in [-0.2, -0.15) is 0 Å². The van der Waals surface area contributed by atoms with Crippen LogP contribution in [0.2, 0.25) is 0 Å². The van der Waals surface area contributed by atoms with Crippen LogP contribution in [0.4, 0.5) is 0 Å². The summed E-state index contributed by atoms with van der Waals surface area (Å²) in [5.74, 6) is -1.56. The third kappa shape index (κ3) is 1.55. The summed E-state index contributed by atoms with van der Waals surface area (Å²) in [6, 6.07) is 0. The average molecular weight is 172 g/mol. The Kier molecular flexibility index (Phi) is 2.32. The Morgan fingerprint density at radius 2 is 2.25 bits per heavy atom. The fourth-order valence-corrected chi connectivity index (χ4v) is 1.24. The summed E-state index contributed by atoms with van der Waals surface area (Å²) >= 11 is 0. The lowest BCUT2D eigenvalue weighted by atomic mass is 10.1. The number of nitrogens with zero attached hydrogens (tertiary/aromatic N) is 2. The van der Waals surface area contributed by atoms with Gasteiger partial charge in [0.05, 0.1) is 12.5 Å². The summed E-state index contributed by atoms with van der Waals surface area (Å²) in [6.45, 7) is 0.293. The van der Waals surface area contributed by atoms with E-state index in [0.29, 0.717) is 6.54 Å². The topological polar surface area (TPSA) is 60.9 Å². The molecule has 0 aromatic rings. The number of rotatable bonds is 2. The lowest BCUT2D eigenvalue weighted by Crippen LogP contribution is -2.38. The molecule has 12 heavy (non-hydrogen) atoms. The van der Waals surface area contributed by atoms with E-state index in [0.717, 1.165) is 0 Å². The van der Waals surface area contributed by atoms with Gasteiger partial charge in [-0.1, -0.05) is 0 Å². The fraction of sp³-hybridized carbons (Fsp3) is 0.714. The minimum Gasteiger partial charge on any atom is -0.481 e. The Hall–Kier alpha value is -1.10. The van der Waals surface area contributed by atoms with Gasteiger partial charge in [0.25, 0.3) is 0 Å². The summed E-state index contributed by atoms with van der Waals surface area (Å²) in [6.07, 6.45) is 0.119. The van der Waals surface area contributed by atoms with Crippen LogP contribution in [0.5, 0.6) is 0 Å². The van der Waals surface area contributed by atoms with Crippen molar-refractivity contribution in [2.24, 2.45) is 5.92 Å². The van der Waals surface area contributed by atoms with Crippen LogP contribution in [0.25, 0.3) is 0 Å². The molecule has 1 saturated heterocycles. The number of amides is 1. The Morgan fingerprint density at radius 3 is 2.50 bits per heavy atom. The van der Waals surface area contributed by atoms with Crippen LogP contribution < -0.4 is 0 Å². The molecule has 1 rings (SSSR count). The Labute approximate surface area is 70.5 Å². The van der Waals surface area contributed by atoms with E-state index in [1.165, 1.54) is 5.01 Å². The first-order chi connectivity index (χ1) is 5.52. The number of aliphatic carboxylic acids is 1. The van der Waals surface area contributed by atoms with E-state index < -0.39 is 11.9 Å². The summed E-state index contributed by atoms with van der Waals surface area (Å²) < 4.78 is 0. The van der Waals surface area contributed by atoms with Gasteiger partial charge >= 0.3 is 5.97 Å². The first-order valence-electron chi connectivity index (χ1n) is 3.72. The van der Waals surface area contributed by atoms with E-state index in [2.05, 4.69) is 0 Å². The van der Waals surface area contributed by atoms with Gasteiger partial charge in [0.2, 0.25) is 5.91 Å².